The van der Waals surface area contributed by atoms with Gasteiger partial charge in [-0.05, 0) is 83.1 Å². The van der Waals surface area contributed by atoms with Gasteiger partial charge in [-0.2, -0.15) is 0 Å². The highest BCUT2D eigenvalue weighted by atomic mass is 16.5. The first-order valence-corrected chi connectivity index (χ1v) is 11.5. The minimum atomic E-state index is -1.06. The van der Waals surface area contributed by atoms with E-state index in [1.165, 1.54) is 0 Å². The fourth-order valence-electron chi connectivity index (χ4n) is 8.02. The summed E-state index contributed by atoms with van der Waals surface area (Å²) in [4.78, 5) is 25.0. The van der Waals surface area contributed by atoms with Crippen LogP contribution in [0.3, 0.4) is 0 Å². The molecule has 4 aliphatic carbocycles. The molecule has 4 rings (SSSR count). The number of carbonyl (C=O) groups is 2. The summed E-state index contributed by atoms with van der Waals surface area (Å²) in [6.45, 7) is 11.8. The number of esters is 1. The largest absolute Gasteiger partial charge is 0.481 e. The third kappa shape index (κ3) is 2.44. The summed E-state index contributed by atoms with van der Waals surface area (Å²) < 4.78 is 6.06. The molecule has 7 atom stereocenters. The second-order valence-corrected chi connectivity index (χ2v) is 10.9. The Morgan fingerprint density at radius 3 is 2.50 bits per heavy atom. The predicted octanol–water partition coefficient (Wildman–Crippen LogP) is 4.64. The summed E-state index contributed by atoms with van der Waals surface area (Å²) in [7, 11) is 0. The standard InChI is InChI=1S/C25H36O5/c1-6-15(2)20(26)30-19-16(3)17-8-13-25(29)23(5)11-7-10-22(4,21(27)28)18(23)9-12-24(19,25)14-17/h6,17-19,29H,3,7-14H2,1-2,4-5H3,(H,27,28)/b15-6-/t17-,18-,19-,22-,23-,24+,25-/m1/s1. The zero-order valence-corrected chi connectivity index (χ0v) is 18.8. The quantitative estimate of drug-likeness (QED) is 0.398. The molecule has 0 aromatic carbocycles. The van der Waals surface area contributed by atoms with Crippen molar-refractivity contribution in [1.82, 2.24) is 0 Å². The Morgan fingerprint density at radius 2 is 1.87 bits per heavy atom. The smallest absolute Gasteiger partial charge is 0.333 e. The molecular formula is C25H36O5. The first-order valence-electron chi connectivity index (χ1n) is 11.5. The molecule has 30 heavy (non-hydrogen) atoms. The minimum absolute atomic E-state index is 0.0917. The Kier molecular flexibility index (Phi) is 4.82. The van der Waals surface area contributed by atoms with Gasteiger partial charge in [0.1, 0.15) is 6.10 Å². The van der Waals surface area contributed by atoms with Gasteiger partial charge in [-0.1, -0.05) is 26.0 Å². The van der Waals surface area contributed by atoms with Crippen LogP contribution in [0.2, 0.25) is 0 Å². The second-order valence-electron chi connectivity index (χ2n) is 10.9. The maximum absolute atomic E-state index is 12.7. The highest BCUT2D eigenvalue weighted by Gasteiger charge is 2.75. The van der Waals surface area contributed by atoms with Gasteiger partial charge in [0.2, 0.25) is 0 Å². The molecule has 0 aromatic rings. The van der Waals surface area contributed by atoms with Gasteiger partial charge in [0.05, 0.1) is 11.0 Å². The van der Waals surface area contributed by atoms with Crippen molar-refractivity contribution in [3.05, 3.63) is 23.8 Å². The normalized spacial score (nSPS) is 48.0. The van der Waals surface area contributed by atoms with E-state index in [1.807, 2.05) is 13.8 Å². The van der Waals surface area contributed by atoms with E-state index in [0.29, 0.717) is 24.8 Å². The number of ether oxygens (including phenoxy) is 1. The van der Waals surface area contributed by atoms with Crippen molar-refractivity contribution < 1.29 is 24.5 Å². The molecular weight excluding hydrogens is 380 g/mol. The summed E-state index contributed by atoms with van der Waals surface area (Å²) >= 11 is 0. The molecule has 4 fully saturated rings. The number of carboxylic acids is 1. The van der Waals surface area contributed by atoms with Gasteiger partial charge < -0.3 is 14.9 Å². The Labute approximate surface area is 179 Å². The van der Waals surface area contributed by atoms with Gasteiger partial charge in [0, 0.05) is 16.4 Å². The molecule has 0 unspecified atom stereocenters. The van der Waals surface area contributed by atoms with Crippen molar-refractivity contribution in [1.29, 1.82) is 0 Å². The van der Waals surface area contributed by atoms with E-state index in [-0.39, 0.29) is 17.8 Å². The fraction of sp³-hybridized carbons (Fsp3) is 0.760. The van der Waals surface area contributed by atoms with Gasteiger partial charge >= 0.3 is 11.9 Å². The number of fused-ring (bicyclic) bond motifs is 3. The molecule has 5 nitrogen and oxygen atoms in total. The van der Waals surface area contributed by atoms with Gasteiger partial charge in [-0.15, -0.1) is 0 Å². The molecule has 0 aliphatic heterocycles. The van der Waals surface area contributed by atoms with Crippen LogP contribution < -0.4 is 0 Å². The maximum Gasteiger partial charge on any atom is 0.333 e. The lowest BCUT2D eigenvalue weighted by Crippen LogP contribution is -2.71. The molecule has 1 spiro atoms. The van der Waals surface area contributed by atoms with Gasteiger partial charge in [0.15, 0.2) is 0 Å². The van der Waals surface area contributed by atoms with Gasteiger partial charge in [-0.25, -0.2) is 4.79 Å². The van der Waals surface area contributed by atoms with Crippen molar-refractivity contribution in [3.63, 3.8) is 0 Å². The first kappa shape index (κ1) is 21.6. The van der Waals surface area contributed by atoms with E-state index in [1.54, 1.807) is 13.0 Å². The molecule has 0 heterocycles. The average Bonchev–Trinajstić information content (AvgIpc) is 2.92. The van der Waals surface area contributed by atoms with E-state index in [2.05, 4.69) is 13.5 Å². The number of aliphatic carboxylic acids is 1. The zero-order chi connectivity index (χ0) is 22.1. The van der Waals surface area contributed by atoms with Crippen molar-refractivity contribution >= 4 is 11.9 Å². The molecule has 2 bridgehead atoms. The van der Waals surface area contributed by atoms with Crippen molar-refractivity contribution in [2.75, 3.05) is 0 Å². The van der Waals surface area contributed by atoms with E-state index in [4.69, 9.17) is 4.74 Å². The molecule has 0 radical (unpaired) electrons. The Balaban J connectivity index is 1.80. The van der Waals surface area contributed by atoms with Crippen LogP contribution in [0.15, 0.2) is 23.8 Å². The van der Waals surface area contributed by atoms with Crippen LogP contribution in [0.4, 0.5) is 0 Å². The predicted molar refractivity (Wildman–Crippen MR) is 114 cm³/mol. The molecule has 166 valence electrons. The molecule has 0 saturated heterocycles. The summed E-state index contributed by atoms with van der Waals surface area (Å²) in [6, 6.07) is 0. The number of allylic oxidation sites excluding steroid dienone is 1. The number of rotatable bonds is 3. The maximum atomic E-state index is 12.7. The Bertz CT molecular complexity index is 829. The number of aliphatic hydroxyl groups is 1. The van der Waals surface area contributed by atoms with Crippen LogP contribution in [0, 0.1) is 28.1 Å². The molecule has 4 saturated carbocycles. The average molecular weight is 417 g/mol. The summed E-state index contributed by atoms with van der Waals surface area (Å²) in [5.74, 6) is -0.942. The molecule has 4 aliphatic rings. The lowest BCUT2D eigenvalue weighted by molar-refractivity contribution is -0.278. The first-order chi connectivity index (χ1) is 14.0. The molecule has 2 N–H and O–H groups in total. The van der Waals surface area contributed by atoms with Crippen molar-refractivity contribution in [3.8, 4) is 0 Å². The SMILES string of the molecule is C=C1[C@@H]2CC[C@]3(O)[C@@](CC[C@@H]4[C@](C)(C(=O)O)CCC[C@]43C)(C2)[C@@H]1OC(=O)/C(C)=C\C. The fourth-order valence-corrected chi connectivity index (χ4v) is 8.02. The van der Waals surface area contributed by atoms with Crippen LogP contribution in [0.25, 0.3) is 0 Å². The number of carboxylic acid groups (broad SMARTS) is 1. The highest BCUT2D eigenvalue weighted by molar-refractivity contribution is 5.88. The van der Waals surface area contributed by atoms with Crippen molar-refractivity contribution in [2.24, 2.45) is 28.1 Å². The topological polar surface area (TPSA) is 83.8 Å². The Morgan fingerprint density at radius 1 is 1.17 bits per heavy atom. The third-order valence-corrected chi connectivity index (χ3v) is 9.87. The van der Waals surface area contributed by atoms with Crippen LogP contribution in [0.5, 0.6) is 0 Å². The minimum Gasteiger partial charge on any atom is -0.481 e. The third-order valence-electron chi connectivity index (χ3n) is 9.87. The molecule has 0 amide bonds. The summed E-state index contributed by atoms with van der Waals surface area (Å²) in [5.41, 5.74) is -1.50. The van der Waals surface area contributed by atoms with Crippen LogP contribution in [0.1, 0.15) is 79.1 Å². The van der Waals surface area contributed by atoms with Crippen LogP contribution in [-0.4, -0.2) is 33.9 Å². The van der Waals surface area contributed by atoms with E-state index >= 15 is 0 Å². The zero-order valence-electron chi connectivity index (χ0n) is 18.8. The second kappa shape index (κ2) is 6.69. The summed E-state index contributed by atoms with van der Waals surface area (Å²) in [5, 5.41) is 22.6. The van der Waals surface area contributed by atoms with E-state index in [0.717, 1.165) is 37.7 Å². The van der Waals surface area contributed by atoms with E-state index in [9.17, 15) is 19.8 Å². The highest BCUT2D eigenvalue weighted by Crippen LogP contribution is 2.74. The summed E-state index contributed by atoms with van der Waals surface area (Å²) in [6.07, 6.45) is 7.12. The van der Waals surface area contributed by atoms with Crippen LogP contribution in [-0.2, 0) is 14.3 Å². The van der Waals surface area contributed by atoms with Gasteiger partial charge in [0.25, 0.3) is 0 Å². The molecule has 5 heteroatoms. The lowest BCUT2D eigenvalue weighted by Gasteiger charge is -2.68. The Hall–Kier alpha value is -1.62. The van der Waals surface area contributed by atoms with Crippen molar-refractivity contribution in [2.45, 2.75) is 90.8 Å². The monoisotopic (exact) mass is 416 g/mol. The molecule has 0 aromatic heterocycles. The number of hydrogen-bond donors (Lipinski definition) is 2. The lowest BCUT2D eigenvalue weighted by atomic mass is 9.38. The number of hydrogen-bond acceptors (Lipinski definition) is 4. The number of carbonyl (C=O) groups excluding carboxylic acids is 1. The van der Waals surface area contributed by atoms with Gasteiger partial charge in [-0.3, -0.25) is 4.79 Å². The van der Waals surface area contributed by atoms with Crippen LogP contribution >= 0.6 is 0 Å². The van der Waals surface area contributed by atoms with E-state index < -0.39 is 33.9 Å².